The maximum atomic E-state index is 14.2. The molecule has 0 unspecified atom stereocenters. The summed E-state index contributed by atoms with van der Waals surface area (Å²) in [7, 11) is -3.37. The molecule has 3 heterocycles. The van der Waals surface area contributed by atoms with Gasteiger partial charge < -0.3 is 15.8 Å². The maximum Gasteiger partial charge on any atom is 0.326 e. The van der Waals surface area contributed by atoms with Crippen LogP contribution >= 0.6 is 0 Å². The number of likely N-dealkylation sites (tertiary alicyclic amines) is 1. The first-order chi connectivity index (χ1) is 21.9. The van der Waals surface area contributed by atoms with Crippen molar-refractivity contribution in [2.24, 2.45) is 5.73 Å². The zero-order valence-corrected chi connectivity index (χ0v) is 26.1. The maximum absolute atomic E-state index is 14.2. The SMILES string of the molecule is Cc1nc(Oc2ccc(NS(C)(=O)=O)cc2)ccc1CN1CCC(N(C(=O)Nc2ccc(C(N)=O)nc2)c2cccc(F)c2)CC1. The fourth-order valence-electron chi connectivity index (χ4n) is 5.21. The van der Waals surface area contributed by atoms with Crippen LogP contribution in [0.1, 0.15) is 34.6 Å². The van der Waals surface area contributed by atoms with E-state index in [1.165, 1.54) is 24.4 Å². The molecule has 1 saturated heterocycles. The summed E-state index contributed by atoms with van der Waals surface area (Å²) < 4.78 is 45.3. The van der Waals surface area contributed by atoms with Crippen LogP contribution in [0.2, 0.25) is 0 Å². The average molecular weight is 648 g/mol. The second-order valence-electron chi connectivity index (χ2n) is 11.0. The highest BCUT2D eigenvalue weighted by Gasteiger charge is 2.30. The molecule has 0 radical (unpaired) electrons. The molecule has 46 heavy (non-hydrogen) atoms. The van der Waals surface area contributed by atoms with E-state index in [9.17, 15) is 22.4 Å². The van der Waals surface area contributed by atoms with Gasteiger partial charge in [0.25, 0.3) is 5.91 Å². The number of nitrogens with one attached hydrogen (secondary N) is 2. The number of aromatic nitrogens is 2. The molecule has 0 spiro atoms. The third-order valence-electron chi connectivity index (χ3n) is 7.44. The van der Waals surface area contributed by atoms with Crippen LogP contribution in [-0.4, -0.2) is 60.6 Å². The Bertz CT molecular complexity index is 1810. The minimum atomic E-state index is -3.37. The Kier molecular flexibility index (Phi) is 9.78. The Balaban J connectivity index is 1.21. The molecule has 3 amide bonds. The summed E-state index contributed by atoms with van der Waals surface area (Å²) in [5.74, 6) is -0.182. The molecule has 240 valence electrons. The van der Waals surface area contributed by atoms with E-state index < -0.39 is 27.8 Å². The van der Waals surface area contributed by atoms with Gasteiger partial charge in [0.05, 0.1) is 18.1 Å². The number of ether oxygens (including phenoxy) is 1. The quantitative estimate of drug-likeness (QED) is 0.219. The first kappa shape index (κ1) is 32.3. The highest BCUT2D eigenvalue weighted by atomic mass is 32.2. The number of nitrogens with zero attached hydrogens (tertiary/aromatic N) is 4. The van der Waals surface area contributed by atoms with E-state index in [-0.39, 0.29) is 11.7 Å². The Morgan fingerprint density at radius 1 is 1.04 bits per heavy atom. The molecular formula is C32H34FN7O5S. The predicted octanol–water partition coefficient (Wildman–Crippen LogP) is 4.89. The van der Waals surface area contributed by atoms with E-state index in [2.05, 4.69) is 24.9 Å². The third-order valence-corrected chi connectivity index (χ3v) is 8.04. The van der Waals surface area contributed by atoms with Crippen molar-refractivity contribution in [2.75, 3.05) is 34.3 Å². The van der Waals surface area contributed by atoms with Crippen molar-refractivity contribution >= 4 is 39.0 Å². The van der Waals surface area contributed by atoms with Gasteiger partial charge in [-0.25, -0.2) is 27.6 Å². The van der Waals surface area contributed by atoms with E-state index in [1.54, 1.807) is 53.4 Å². The predicted molar refractivity (Wildman–Crippen MR) is 173 cm³/mol. The minimum Gasteiger partial charge on any atom is -0.439 e. The van der Waals surface area contributed by atoms with Crippen LogP contribution in [0.5, 0.6) is 11.6 Å². The normalized spacial score (nSPS) is 14.0. The number of urea groups is 1. The van der Waals surface area contributed by atoms with E-state index >= 15 is 0 Å². The Morgan fingerprint density at radius 3 is 2.37 bits per heavy atom. The Hall–Kier alpha value is -5.08. The van der Waals surface area contributed by atoms with Crippen LogP contribution in [0.4, 0.5) is 26.2 Å². The van der Waals surface area contributed by atoms with Gasteiger partial charge in [-0.3, -0.25) is 19.3 Å². The van der Waals surface area contributed by atoms with Crippen molar-refractivity contribution in [2.45, 2.75) is 32.4 Å². The number of primary amides is 1. The van der Waals surface area contributed by atoms with E-state index in [0.717, 1.165) is 17.5 Å². The smallest absolute Gasteiger partial charge is 0.326 e. The number of carbonyl (C=O) groups is 2. The first-order valence-electron chi connectivity index (χ1n) is 14.5. The standard InChI is InChI=1S/C32H34FN7O5S/c1-21-22(6-13-30(36-21)45-28-10-7-24(8-11-28)38-46(2,43)44)20-39-16-14-26(15-17-39)40(27-5-3-4-23(33)18-27)32(42)37-25-9-12-29(31(34)41)35-19-25/h3-13,18-19,26,38H,14-17,20H2,1-2H3,(H2,34,41)(H,37,42). The van der Waals surface area contributed by atoms with Gasteiger partial charge in [0.15, 0.2) is 0 Å². The molecule has 0 bridgehead atoms. The van der Waals surface area contributed by atoms with Gasteiger partial charge in [-0.15, -0.1) is 0 Å². The van der Waals surface area contributed by atoms with E-state index in [0.29, 0.717) is 61.2 Å². The molecule has 14 heteroatoms. The number of pyridine rings is 2. The lowest BCUT2D eigenvalue weighted by molar-refractivity contribution is 0.0995. The molecule has 0 aliphatic carbocycles. The van der Waals surface area contributed by atoms with E-state index in [1.807, 2.05) is 13.0 Å². The number of nitrogens with two attached hydrogens (primary N) is 1. The summed E-state index contributed by atoms with van der Waals surface area (Å²) in [6.07, 6.45) is 3.75. The molecule has 0 saturated carbocycles. The highest BCUT2D eigenvalue weighted by molar-refractivity contribution is 7.92. The summed E-state index contributed by atoms with van der Waals surface area (Å²) in [5.41, 5.74) is 8.44. The van der Waals surface area contributed by atoms with Crippen molar-refractivity contribution in [3.8, 4) is 11.6 Å². The molecule has 2 aromatic carbocycles. The number of piperidine rings is 1. The molecule has 2 aromatic heterocycles. The second kappa shape index (κ2) is 13.9. The van der Waals surface area contributed by atoms with Gasteiger partial charge in [-0.1, -0.05) is 12.1 Å². The van der Waals surface area contributed by atoms with Crippen LogP contribution in [0.25, 0.3) is 0 Å². The number of halogens is 1. The lowest BCUT2D eigenvalue weighted by Gasteiger charge is -2.38. The Morgan fingerprint density at radius 2 is 1.76 bits per heavy atom. The molecule has 1 fully saturated rings. The monoisotopic (exact) mass is 647 g/mol. The zero-order valence-electron chi connectivity index (χ0n) is 25.3. The van der Waals surface area contributed by atoms with Crippen LogP contribution in [0, 0.1) is 12.7 Å². The molecule has 4 N–H and O–H groups in total. The van der Waals surface area contributed by atoms with Crippen LogP contribution in [-0.2, 0) is 16.6 Å². The number of anilines is 3. The van der Waals surface area contributed by atoms with Gasteiger partial charge in [-0.05, 0) is 79.9 Å². The molecular weight excluding hydrogens is 613 g/mol. The topological polar surface area (TPSA) is 160 Å². The van der Waals surface area contributed by atoms with Crippen molar-refractivity contribution < 1.29 is 27.1 Å². The lowest BCUT2D eigenvalue weighted by atomic mass is 10.0. The number of sulfonamides is 1. The highest BCUT2D eigenvalue weighted by Crippen LogP contribution is 2.28. The number of hydrogen-bond donors (Lipinski definition) is 3. The summed E-state index contributed by atoms with van der Waals surface area (Å²) >= 11 is 0. The zero-order chi connectivity index (χ0) is 32.8. The number of amides is 3. The van der Waals surface area contributed by atoms with Crippen LogP contribution < -0.4 is 25.4 Å². The van der Waals surface area contributed by atoms with Crippen molar-refractivity contribution in [1.29, 1.82) is 0 Å². The number of carbonyl (C=O) groups excluding carboxylic acids is 2. The summed E-state index contributed by atoms with van der Waals surface area (Å²) in [5, 5.41) is 2.80. The van der Waals surface area contributed by atoms with Gasteiger partial charge in [-0.2, -0.15) is 0 Å². The first-order valence-corrected chi connectivity index (χ1v) is 16.4. The average Bonchev–Trinajstić information content (AvgIpc) is 3.00. The molecule has 12 nitrogen and oxygen atoms in total. The van der Waals surface area contributed by atoms with Crippen LogP contribution in [0.3, 0.4) is 0 Å². The van der Waals surface area contributed by atoms with Gasteiger partial charge in [0, 0.05) is 48.8 Å². The summed E-state index contributed by atoms with van der Waals surface area (Å²) in [4.78, 5) is 37.3. The van der Waals surface area contributed by atoms with Crippen molar-refractivity contribution in [3.63, 3.8) is 0 Å². The van der Waals surface area contributed by atoms with Crippen molar-refractivity contribution in [3.05, 3.63) is 102 Å². The third kappa shape index (κ3) is 8.55. The Labute approximate surface area is 266 Å². The summed E-state index contributed by atoms with van der Waals surface area (Å²) in [6.45, 7) is 3.96. The largest absolute Gasteiger partial charge is 0.439 e. The second-order valence-corrected chi connectivity index (χ2v) is 12.7. The van der Waals surface area contributed by atoms with Gasteiger partial charge in [0.2, 0.25) is 15.9 Å². The number of benzene rings is 2. The lowest BCUT2D eigenvalue weighted by Crippen LogP contribution is -2.49. The number of rotatable bonds is 10. The minimum absolute atomic E-state index is 0.0796. The van der Waals surface area contributed by atoms with Crippen molar-refractivity contribution in [1.82, 2.24) is 14.9 Å². The molecule has 4 aromatic rings. The molecule has 0 atom stereocenters. The molecule has 1 aliphatic rings. The molecule has 5 rings (SSSR count). The fraction of sp³-hybridized carbons (Fsp3) is 0.250. The summed E-state index contributed by atoms with van der Waals surface area (Å²) in [6, 6.07) is 18.6. The number of hydrogen-bond acceptors (Lipinski definition) is 8. The number of aryl methyl sites for hydroxylation is 1. The van der Waals surface area contributed by atoms with Crippen LogP contribution in [0.15, 0.2) is 79.0 Å². The fourth-order valence-corrected chi connectivity index (χ4v) is 5.77. The van der Waals surface area contributed by atoms with Gasteiger partial charge >= 0.3 is 6.03 Å². The van der Waals surface area contributed by atoms with E-state index in [4.69, 9.17) is 10.5 Å². The van der Waals surface area contributed by atoms with Gasteiger partial charge in [0.1, 0.15) is 17.3 Å². The molecule has 1 aliphatic heterocycles.